The van der Waals surface area contributed by atoms with Gasteiger partial charge in [0, 0.05) is 29.2 Å². The largest absolute Gasteiger partial charge is 0.489 e. The molecule has 120 valence electrons. The highest BCUT2D eigenvalue weighted by molar-refractivity contribution is 5.88. The molecule has 0 saturated heterocycles. The monoisotopic (exact) mass is 308 g/mol. The standard InChI is InChI=1S/C20H24N2O/c1-15-19(23-14-16-7-5-4-6-8-16)10-9-18-20(15)17(13-21-18)11-12-22(2)3/h4-10,13,21H,11-12,14H2,1-3H3. The Morgan fingerprint density at radius 2 is 1.83 bits per heavy atom. The summed E-state index contributed by atoms with van der Waals surface area (Å²) >= 11 is 0. The smallest absolute Gasteiger partial charge is 0.123 e. The van der Waals surface area contributed by atoms with Gasteiger partial charge in [-0.05, 0) is 50.7 Å². The van der Waals surface area contributed by atoms with E-state index in [-0.39, 0.29) is 0 Å². The summed E-state index contributed by atoms with van der Waals surface area (Å²) in [6.45, 7) is 3.79. The summed E-state index contributed by atoms with van der Waals surface area (Å²) < 4.78 is 6.06. The Kier molecular flexibility index (Phi) is 4.68. The number of rotatable bonds is 6. The second kappa shape index (κ2) is 6.88. The Morgan fingerprint density at radius 1 is 1.04 bits per heavy atom. The first-order valence-electron chi connectivity index (χ1n) is 8.06. The lowest BCUT2D eigenvalue weighted by atomic mass is 10.0. The lowest BCUT2D eigenvalue weighted by Crippen LogP contribution is -2.14. The molecule has 0 radical (unpaired) electrons. The molecule has 0 saturated carbocycles. The van der Waals surface area contributed by atoms with Crippen LogP contribution in [0.15, 0.2) is 48.7 Å². The average Bonchev–Trinajstić information content (AvgIpc) is 2.97. The van der Waals surface area contributed by atoms with Gasteiger partial charge < -0.3 is 14.6 Å². The number of benzene rings is 2. The number of aromatic nitrogens is 1. The van der Waals surface area contributed by atoms with Gasteiger partial charge in [-0.2, -0.15) is 0 Å². The number of H-pyrrole nitrogens is 1. The normalized spacial score (nSPS) is 11.3. The Morgan fingerprint density at radius 3 is 2.57 bits per heavy atom. The van der Waals surface area contributed by atoms with Gasteiger partial charge in [-0.25, -0.2) is 0 Å². The molecule has 0 aliphatic carbocycles. The SMILES string of the molecule is Cc1c(OCc2ccccc2)ccc2[nH]cc(CCN(C)C)c12. The molecule has 0 aliphatic rings. The number of likely N-dealkylation sites (N-methyl/N-ethyl adjacent to an activating group) is 1. The fourth-order valence-corrected chi connectivity index (χ4v) is 2.90. The third-order valence-electron chi connectivity index (χ3n) is 4.20. The number of nitrogens with one attached hydrogen (secondary N) is 1. The molecule has 0 atom stereocenters. The number of aromatic amines is 1. The van der Waals surface area contributed by atoms with Crippen molar-refractivity contribution in [1.82, 2.24) is 9.88 Å². The van der Waals surface area contributed by atoms with Crippen molar-refractivity contribution in [3.8, 4) is 5.75 Å². The van der Waals surface area contributed by atoms with E-state index in [1.807, 2.05) is 18.2 Å². The molecule has 0 bridgehead atoms. The number of ether oxygens (including phenoxy) is 1. The van der Waals surface area contributed by atoms with Crippen LogP contribution in [-0.2, 0) is 13.0 Å². The first-order chi connectivity index (χ1) is 11.1. The molecule has 1 aromatic heterocycles. The van der Waals surface area contributed by atoms with Crippen LogP contribution >= 0.6 is 0 Å². The van der Waals surface area contributed by atoms with Crippen molar-refractivity contribution in [1.29, 1.82) is 0 Å². The van der Waals surface area contributed by atoms with Crippen LogP contribution < -0.4 is 4.74 Å². The molecule has 3 aromatic rings. The van der Waals surface area contributed by atoms with Gasteiger partial charge in [0.1, 0.15) is 12.4 Å². The Labute approximate surface area is 137 Å². The summed E-state index contributed by atoms with van der Waals surface area (Å²) in [6.07, 6.45) is 3.16. The summed E-state index contributed by atoms with van der Waals surface area (Å²) in [6, 6.07) is 14.5. The van der Waals surface area contributed by atoms with Crippen molar-refractivity contribution in [3.63, 3.8) is 0 Å². The minimum atomic E-state index is 0.602. The third kappa shape index (κ3) is 3.57. The average molecular weight is 308 g/mol. The summed E-state index contributed by atoms with van der Waals surface area (Å²) in [5.41, 5.74) is 4.95. The van der Waals surface area contributed by atoms with E-state index >= 15 is 0 Å². The van der Waals surface area contributed by atoms with E-state index in [9.17, 15) is 0 Å². The molecule has 0 amide bonds. The van der Waals surface area contributed by atoms with Gasteiger partial charge in [-0.15, -0.1) is 0 Å². The quantitative estimate of drug-likeness (QED) is 0.740. The molecule has 1 heterocycles. The molecule has 3 heteroatoms. The van der Waals surface area contributed by atoms with Gasteiger partial charge in [0.2, 0.25) is 0 Å². The van der Waals surface area contributed by atoms with Crippen molar-refractivity contribution < 1.29 is 4.74 Å². The molecule has 2 aromatic carbocycles. The Bertz CT molecular complexity index is 775. The van der Waals surface area contributed by atoms with Crippen molar-refractivity contribution in [2.24, 2.45) is 0 Å². The van der Waals surface area contributed by atoms with E-state index < -0.39 is 0 Å². The van der Waals surface area contributed by atoms with Crippen molar-refractivity contribution in [2.45, 2.75) is 20.0 Å². The summed E-state index contributed by atoms with van der Waals surface area (Å²) in [5, 5.41) is 1.30. The third-order valence-corrected chi connectivity index (χ3v) is 4.20. The summed E-state index contributed by atoms with van der Waals surface area (Å²) in [4.78, 5) is 5.59. The zero-order valence-electron chi connectivity index (χ0n) is 14.1. The Hall–Kier alpha value is -2.26. The highest BCUT2D eigenvalue weighted by Crippen LogP contribution is 2.30. The molecular weight excluding hydrogens is 284 g/mol. The minimum absolute atomic E-state index is 0.602. The fraction of sp³-hybridized carbons (Fsp3) is 0.300. The van der Waals surface area contributed by atoms with Gasteiger partial charge in [0.15, 0.2) is 0 Å². The van der Waals surface area contributed by atoms with E-state index in [2.05, 4.69) is 61.4 Å². The van der Waals surface area contributed by atoms with Crippen LogP contribution in [0.2, 0.25) is 0 Å². The van der Waals surface area contributed by atoms with Crippen LogP contribution in [0, 0.1) is 6.92 Å². The Balaban J connectivity index is 1.83. The highest BCUT2D eigenvalue weighted by atomic mass is 16.5. The van der Waals surface area contributed by atoms with Crippen molar-refractivity contribution >= 4 is 10.9 Å². The van der Waals surface area contributed by atoms with E-state index in [0.717, 1.165) is 18.7 Å². The van der Waals surface area contributed by atoms with Gasteiger partial charge in [-0.1, -0.05) is 30.3 Å². The summed E-state index contributed by atoms with van der Waals surface area (Å²) in [7, 11) is 4.21. The number of hydrogen-bond acceptors (Lipinski definition) is 2. The summed E-state index contributed by atoms with van der Waals surface area (Å²) in [5.74, 6) is 0.965. The molecule has 23 heavy (non-hydrogen) atoms. The lowest BCUT2D eigenvalue weighted by Gasteiger charge is -2.12. The maximum absolute atomic E-state index is 6.06. The van der Waals surface area contributed by atoms with Crippen LogP contribution in [0.1, 0.15) is 16.7 Å². The predicted octanol–water partition coefficient (Wildman–Crippen LogP) is 4.16. The molecule has 3 rings (SSSR count). The van der Waals surface area contributed by atoms with Crippen molar-refractivity contribution in [2.75, 3.05) is 20.6 Å². The van der Waals surface area contributed by atoms with Crippen LogP contribution in [-0.4, -0.2) is 30.5 Å². The molecule has 0 spiro atoms. The van der Waals surface area contributed by atoms with Gasteiger partial charge in [0.25, 0.3) is 0 Å². The number of fused-ring (bicyclic) bond motifs is 1. The number of aryl methyl sites for hydroxylation is 1. The maximum Gasteiger partial charge on any atom is 0.123 e. The van der Waals surface area contributed by atoms with Crippen LogP contribution in [0.25, 0.3) is 10.9 Å². The predicted molar refractivity (Wildman–Crippen MR) is 96.1 cm³/mol. The number of nitrogens with zero attached hydrogens (tertiary/aromatic N) is 1. The first-order valence-corrected chi connectivity index (χ1v) is 8.06. The zero-order valence-corrected chi connectivity index (χ0v) is 14.1. The maximum atomic E-state index is 6.06. The van der Waals surface area contributed by atoms with Gasteiger partial charge in [0.05, 0.1) is 0 Å². The topological polar surface area (TPSA) is 28.3 Å². The fourth-order valence-electron chi connectivity index (χ4n) is 2.90. The van der Waals surface area contributed by atoms with Crippen LogP contribution in [0.4, 0.5) is 0 Å². The van der Waals surface area contributed by atoms with Crippen molar-refractivity contribution in [3.05, 3.63) is 65.4 Å². The lowest BCUT2D eigenvalue weighted by molar-refractivity contribution is 0.304. The first kappa shape index (κ1) is 15.6. The zero-order chi connectivity index (χ0) is 16.2. The second-order valence-corrected chi connectivity index (χ2v) is 6.25. The molecule has 3 nitrogen and oxygen atoms in total. The van der Waals surface area contributed by atoms with E-state index in [1.165, 1.54) is 27.6 Å². The van der Waals surface area contributed by atoms with E-state index in [0.29, 0.717) is 6.61 Å². The van der Waals surface area contributed by atoms with Gasteiger partial charge in [-0.3, -0.25) is 0 Å². The van der Waals surface area contributed by atoms with Crippen LogP contribution in [0.5, 0.6) is 5.75 Å². The second-order valence-electron chi connectivity index (χ2n) is 6.25. The highest BCUT2D eigenvalue weighted by Gasteiger charge is 2.11. The number of hydrogen-bond donors (Lipinski definition) is 1. The molecule has 0 unspecified atom stereocenters. The molecule has 1 N–H and O–H groups in total. The van der Waals surface area contributed by atoms with E-state index in [4.69, 9.17) is 4.74 Å². The van der Waals surface area contributed by atoms with E-state index in [1.54, 1.807) is 0 Å². The van der Waals surface area contributed by atoms with Gasteiger partial charge >= 0.3 is 0 Å². The molecule has 0 aliphatic heterocycles. The van der Waals surface area contributed by atoms with Crippen LogP contribution in [0.3, 0.4) is 0 Å². The molecule has 0 fully saturated rings. The minimum Gasteiger partial charge on any atom is -0.489 e. The molecular formula is C20H24N2O.